The van der Waals surface area contributed by atoms with Crippen molar-refractivity contribution in [1.29, 1.82) is 0 Å². The summed E-state index contributed by atoms with van der Waals surface area (Å²) in [5.74, 6) is 0. The Morgan fingerprint density at radius 3 is 1.44 bits per heavy atom. The third-order valence-electron chi connectivity index (χ3n) is 1.83. The van der Waals surface area contributed by atoms with E-state index in [9.17, 15) is 0 Å². The van der Waals surface area contributed by atoms with Crippen LogP contribution in [0.3, 0.4) is 0 Å². The Morgan fingerprint density at radius 2 is 1.44 bits per heavy atom. The average molecular weight is 149 g/mol. The molecule has 58 valence electrons. The minimum atomic E-state index is -0.990. The zero-order valence-corrected chi connectivity index (χ0v) is 8.52. The predicted octanol–water partition coefficient (Wildman–Crippen LogP) is 1.88. The minimum absolute atomic E-state index is 0.705. The summed E-state index contributed by atoms with van der Waals surface area (Å²) in [6, 6.07) is 0.705. The van der Waals surface area contributed by atoms with Crippen LogP contribution in [-0.2, 0) is 0 Å². The van der Waals surface area contributed by atoms with Crippen molar-refractivity contribution in [3.8, 4) is 0 Å². The van der Waals surface area contributed by atoms with Gasteiger partial charge in [-0.3, -0.25) is 0 Å². The molecule has 0 radical (unpaired) electrons. The van der Waals surface area contributed by atoms with Gasteiger partial charge in [0.05, 0.1) is 0 Å². The van der Waals surface area contributed by atoms with Gasteiger partial charge in [0.15, 0.2) is 0 Å². The standard InChI is InChI=1S/C7H20NP/c1-7(2)8(3)9(4,5)6/h7,9H,1-6H3. The summed E-state index contributed by atoms with van der Waals surface area (Å²) in [7, 11) is 1.23. The van der Waals surface area contributed by atoms with Gasteiger partial charge in [-0.25, -0.2) is 0 Å². The molecule has 0 saturated carbocycles. The van der Waals surface area contributed by atoms with E-state index in [-0.39, 0.29) is 0 Å². The topological polar surface area (TPSA) is 3.24 Å². The van der Waals surface area contributed by atoms with Gasteiger partial charge in [-0.2, -0.15) is 0 Å². The summed E-state index contributed by atoms with van der Waals surface area (Å²) in [6.45, 7) is 11.6. The van der Waals surface area contributed by atoms with Gasteiger partial charge < -0.3 is 0 Å². The first-order valence-corrected chi connectivity index (χ1v) is 7.03. The van der Waals surface area contributed by atoms with Crippen molar-refractivity contribution in [2.24, 2.45) is 0 Å². The molecule has 0 aromatic rings. The van der Waals surface area contributed by atoms with E-state index < -0.39 is 7.41 Å². The Labute approximate surface area is 59.8 Å². The van der Waals surface area contributed by atoms with Gasteiger partial charge in [-0.1, -0.05) is 0 Å². The second-order valence-corrected chi connectivity index (χ2v) is 8.92. The van der Waals surface area contributed by atoms with Crippen LogP contribution in [0, 0.1) is 0 Å². The molecule has 0 aromatic heterocycles. The molecule has 0 N–H and O–H groups in total. The molecule has 0 saturated heterocycles. The second kappa shape index (κ2) is 2.98. The van der Waals surface area contributed by atoms with Gasteiger partial charge in [0.25, 0.3) is 0 Å². The van der Waals surface area contributed by atoms with E-state index in [0.29, 0.717) is 6.04 Å². The van der Waals surface area contributed by atoms with Crippen molar-refractivity contribution in [3.05, 3.63) is 0 Å². The predicted molar refractivity (Wildman–Crippen MR) is 49.0 cm³/mol. The van der Waals surface area contributed by atoms with Crippen molar-refractivity contribution < 1.29 is 0 Å². The molecule has 0 amide bonds. The van der Waals surface area contributed by atoms with Crippen LogP contribution in [0.4, 0.5) is 0 Å². The SMILES string of the molecule is CC(C)N(C)[PH](C)(C)C. The molecule has 0 unspecified atom stereocenters. The van der Waals surface area contributed by atoms with E-state index in [4.69, 9.17) is 0 Å². The molecular formula is C7H20NP. The van der Waals surface area contributed by atoms with Crippen LogP contribution in [0.1, 0.15) is 13.8 Å². The molecule has 0 aliphatic carbocycles. The third-order valence-corrected chi connectivity index (χ3v) is 4.47. The van der Waals surface area contributed by atoms with Crippen LogP contribution in [-0.4, -0.2) is 37.8 Å². The normalized spacial score (nSPS) is 15.1. The molecule has 0 aliphatic heterocycles. The van der Waals surface area contributed by atoms with Gasteiger partial charge >= 0.3 is 59.0 Å². The molecule has 0 aliphatic rings. The zero-order valence-electron chi connectivity index (χ0n) is 7.52. The molecule has 2 heteroatoms. The monoisotopic (exact) mass is 149 g/mol. The maximum absolute atomic E-state index is 2.49. The Morgan fingerprint density at radius 1 is 1.11 bits per heavy atom. The number of hydrogen-bond donors (Lipinski definition) is 0. The number of nitrogens with zero attached hydrogens (tertiary/aromatic N) is 1. The molecule has 0 atom stereocenters. The molecular weight excluding hydrogens is 129 g/mol. The summed E-state index contributed by atoms with van der Waals surface area (Å²) >= 11 is 0. The summed E-state index contributed by atoms with van der Waals surface area (Å²) in [5, 5.41) is 0. The molecule has 0 spiro atoms. The van der Waals surface area contributed by atoms with E-state index >= 15 is 0 Å². The molecule has 9 heavy (non-hydrogen) atoms. The Bertz CT molecular complexity index is 83.4. The summed E-state index contributed by atoms with van der Waals surface area (Å²) in [6.07, 6.45) is 0. The fourth-order valence-corrected chi connectivity index (χ4v) is 2.32. The maximum atomic E-state index is 2.49. The van der Waals surface area contributed by atoms with E-state index in [2.05, 4.69) is 45.6 Å². The van der Waals surface area contributed by atoms with E-state index in [1.54, 1.807) is 0 Å². The van der Waals surface area contributed by atoms with Gasteiger partial charge in [-0.05, 0) is 0 Å². The van der Waals surface area contributed by atoms with Gasteiger partial charge in [0.1, 0.15) is 0 Å². The van der Waals surface area contributed by atoms with E-state index in [0.717, 1.165) is 0 Å². The van der Waals surface area contributed by atoms with Crippen LogP contribution in [0.25, 0.3) is 0 Å². The second-order valence-electron chi connectivity index (χ2n) is 3.88. The van der Waals surface area contributed by atoms with E-state index in [1.165, 1.54) is 0 Å². The third kappa shape index (κ3) is 3.17. The molecule has 0 rings (SSSR count). The quantitative estimate of drug-likeness (QED) is 0.542. The van der Waals surface area contributed by atoms with Crippen molar-refractivity contribution >= 4 is 7.41 Å². The first-order chi connectivity index (χ1) is 3.85. The molecule has 0 aromatic carbocycles. The van der Waals surface area contributed by atoms with Crippen molar-refractivity contribution in [2.45, 2.75) is 19.9 Å². The molecule has 0 fully saturated rings. The summed E-state index contributed by atoms with van der Waals surface area (Å²) < 4.78 is 2.49. The van der Waals surface area contributed by atoms with E-state index in [1.807, 2.05) is 0 Å². The van der Waals surface area contributed by atoms with Crippen molar-refractivity contribution in [1.82, 2.24) is 4.67 Å². The molecule has 0 bridgehead atoms. The zero-order chi connectivity index (χ0) is 7.65. The number of hydrogen-bond acceptors (Lipinski definition) is 1. The van der Waals surface area contributed by atoms with Crippen LogP contribution < -0.4 is 0 Å². The first kappa shape index (κ1) is 9.39. The molecule has 1 nitrogen and oxygen atoms in total. The van der Waals surface area contributed by atoms with Gasteiger partial charge in [0.2, 0.25) is 0 Å². The van der Waals surface area contributed by atoms with Crippen LogP contribution >= 0.6 is 7.41 Å². The van der Waals surface area contributed by atoms with Crippen LogP contribution in [0.2, 0.25) is 0 Å². The van der Waals surface area contributed by atoms with Crippen LogP contribution in [0.15, 0.2) is 0 Å². The summed E-state index contributed by atoms with van der Waals surface area (Å²) in [4.78, 5) is 0. The average Bonchev–Trinajstić information content (AvgIpc) is 1.62. The van der Waals surface area contributed by atoms with Gasteiger partial charge in [0, 0.05) is 0 Å². The number of rotatable bonds is 2. The Kier molecular flexibility index (Phi) is 3.11. The Balaban J connectivity index is 3.88. The molecule has 0 heterocycles. The summed E-state index contributed by atoms with van der Waals surface area (Å²) in [5.41, 5.74) is 0. The Hall–Kier alpha value is 0.390. The van der Waals surface area contributed by atoms with Crippen molar-refractivity contribution in [2.75, 3.05) is 27.0 Å². The van der Waals surface area contributed by atoms with Crippen molar-refractivity contribution in [3.63, 3.8) is 0 Å². The fraction of sp³-hybridized carbons (Fsp3) is 1.00. The first-order valence-electron chi connectivity index (χ1n) is 3.58. The van der Waals surface area contributed by atoms with Gasteiger partial charge in [-0.15, -0.1) is 0 Å². The fourth-order valence-electron chi connectivity index (χ4n) is 0.775. The van der Waals surface area contributed by atoms with Crippen LogP contribution in [0.5, 0.6) is 0 Å².